The van der Waals surface area contributed by atoms with Gasteiger partial charge in [-0.1, -0.05) is 0 Å². The van der Waals surface area contributed by atoms with E-state index in [-0.39, 0.29) is 40.1 Å². The van der Waals surface area contributed by atoms with E-state index in [0.717, 1.165) is 12.1 Å². The second-order valence-electron chi connectivity index (χ2n) is 10.4. The first-order chi connectivity index (χ1) is 21.6. The highest BCUT2D eigenvalue weighted by molar-refractivity contribution is 6.16. The van der Waals surface area contributed by atoms with Crippen LogP contribution < -0.4 is 30.6 Å². The van der Waals surface area contributed by atoms with Crippen molar-refractivity contribution < 1.29 is 37.0 Å². The van der Waals surface area contributed by atoms with E-state index in [1.165, 1.54) is 74.0 Å². The lowest BCUT2D eigenvalue weighted by Crippen LogP contribution is -2.35. The standard InChI is InChI=1S/C33H25F3N4O5/c1-43-29-17-25-22(16-30(29)45-27-8-4-19(37)14-23(27)35)26(10-13-38-25)44-28-9-7-21(15-24(28)36)40-32(42)33(11-12-33)31(41)39-20-5-2-18(34)3-6-20/h2-10,13-17H,11-12,37H2,1H3,(H,39,41)(H,40,42). The highest BCUT2D eigenvalue weighted by atomic mass is 19.1. The summed E-state index contributed by atoms with van der Waals surface area (Å²) in [5.41, 5.74) is 5.46. The number of rotatable bonds is 9. The van der Waals surface area contributed by atoms with E-state index in [4.69, 9.17) is 19.9 Å². The summed E-state index contributed by atoms with van der Waals surface area (Å²) in [6, 6.07) is 17.7. The smallest absolute Gasteiger partial charge is 0.240 e. The van der Waals surface area contributed by atoms with E-state index in [1.807, 2.05) is 0 Å². The molecule has 4 N–H and O–H groups in total. The number of hydrogen-bond acceptors (Lipinski definition) is 7. The van der Waals surface area contributed by atoms with Crippen LogP contribution in [0.4, 0.5) is 30.2 Å². The number of nitrogens with zero attached hydrogens (tertiary/aromatic N) is 1. The second-order valence-corrected chi connectivity index (χ2v) is 10.4. The Morgan fingerprint density at radius 2 is 1.36 bits per heavy atom. The highest BCUT2D eigenvalue weighted by Crippen LogP contribution is 2.48. The van der Waals surface area contributed by atoms with E-state index in [1.54, 1.807) is 6.07 Å². The molecule has 9 nitrogen and oxygen atoms in total. The zero-order chi connectivity index (χ0) is 31.7. The molecule has 1 aliphatic rings. The minimum Gasteiger partial charge on any atom is -0.493 e. The predicted molar refractivity (Wildman–Crippen MR) is 161 cm³/mol. The van der Waals surface area contributed by atoms with Crippen LogP contribution in [0.5, 0.6) is 28.7 Å². The van der Waals surface area contributed by atoms with Gasteiger partial charge in [-0.15, -0.1) is 0 Å². The predicted octanol–water partition coefficient (Wildman–Crippen LogP) is 7.18. The molecule has 5 aromatic rings. The molecule has 1 saturated carbocycles. The molecule has 0 bridgehead atoms. The average Bonchev–Trinajstić information content (AvgIpc) is 3.83. The van der Waals surface area contributed by atoms with E-state index in [0.29, 0.717) is 29.4 Å². The molecule has 0 atom stereocenters. The molecule has 0 saturated heterocycles. The molecule has 0 spiro atoms. The van der Waals surface area contributed by atoms with Crippen molar-refractivity contribution in [3.05, 3.63) is 103 Å². The monoisotopic (exact) mass is 614 g/mol. The normalized spacial score (nSPS) is 13.2. The van der Waals surface area contributed by atoms with Gasteiger partial charge in [0.15, 0.2) is 34.6 Å². The molecule has 1 aliphatic carbocycles. The molecule has 228 valence electrons. The quantitative estimate of drug-likeness (QED) is 0.119. The molecule has 0 radical (unpaired) electrons. The Morgan fingerprint density at radius 1 is 0.733 bits per heavy atom. The number of hydrogen-bond donors (Lipinski definition) is 3. The van der Waals surface area contributed by atoms with Crippen molar-refractivity contribution in [2.75, 3.05) is 23.5 Å². The van der Waals surface area contributed by atoms with Crippen LogP contribution in [0.3, 0.4) is 0 Å². The van der Waals surface area contributed by atoms with Crippen LogP contribution in [0.15, 0.2) is 85.1 Å². The van der Waals surface area contributed by atoms with Crippen LogP contribution in [0, 0.1) is 22.9 Å². The Hall–Kier alpha value is -5.78. The lowest BCUT2D eigenvalue weighted by Gasteiger charge is -2.16. The summed E-state index contributed by atoms with van der Waals surface area (Å²) >= 11 is 0. The molecular formula is C33H25F3N4O5. The summed E-state index contributed by atoms with van der Waals surface area (Å²) in [4.78, 5) is 30.2. The molecule has 12 heteroatoms. The van der Waals surface area contributed by atoms with Crippen LogP contribution in [0.25, 0.3) is 10.9 Å². The number of nitrogens with two attached hydrogens (primary N) is 1. The molecule has 1 fully saturated rings. The van der Waals surface area contributed by atoms with Crippen molar-refractivity contribution in [3.8, 4) is 28.7 Å². The summed E-state index contributed by atoms with van der Waals surface area (Å²) in [5, 5.41) is 5.64. The average molecular weight is 615 g/mol. The van der Waals surface area contributed by atoms with E-state index in [9.17, 15) is 18.4 Å². The fourth-order valence-electron chi connectivity index (χ4n) is 4.67. The van der Waals surface area contributed by atoms with Crippen molar-refractivity contribution in [2.24, 2.45) is 5.41 Å². The van der Waals surface area contributed by atoms with Gasteiger partial charge in [-0.3, -0.25) is 14.6 Å². The van der Waals surface area contributed by atoms with Crippen LogP contribution in [0.1, 0.15) is 12.8 Å². The van der Waals surface area contributed by atoms with Gasteiger partial charge in [-0.25, -0.2) is 13.2 Å². The van der Waals surface area contributed by atoms with Gasteiger partial charge in [0.05, 0.1) is 12.6 Å². The number of nitrogen functional groups attached to an aromatic ring is 1. The molecular weight excluding hydrogens is 589 g/mol. The van der Waals surface area contributed by atoms with Crippen LogP contribution >= 0.6 is 0 Å². The maximum atomic E-state index is 15.2. The van der Waals surface area contributed by atoms with E-state index in [2.05, 4.69) is 15.6 Å². The van der Waals surface area contributed by atoms with Gasteiger partial charge in [0.1, 0.15) is 17.0 Å². The third-order valence-electron chi connectivity index (χ3n) is 7.29. The van der Waals surface area contributed by atoms with Crippen molar-refractivity contribution in [3.63, 3.8) is 0 Å². The minimum absolute atomic E-state index is 0.0854. The topological polar surface area (TPSA) is 125 Å². The van der Waals surface area contributed by atoms with Gasteiger partial charge in [0.2, 0.25) is 11.8 Å². The van der Waals surface area contributed by atoms with Crippen molar-refractivity contribution in [2.45, 2.75) is 12.8 Å². The fraction of sp³-hybridized carbons (Fsp3) is 0.121. The van der Waals surface area contributed by atoms with Gasteiger partial charge in [-0.2, -0.15) is 0 Å². The van der Waals surface area contributed by atoms with Gasteiger partial charge in [0, 0.05) is 46.8 Å². The number of fused-ring (bicyclic) bond motifs is 1. The molecule has 4 aromatic carbocycles. The summed E-state index contributed by atoms with van der Waals surface area (Å²) in [6.07, 6.45) is 2.09. The summed E-state index contributed by atoms with van der Waals surface area (Å²) in [7, 11) is 1.42. The third kappa shape index (κ3) is 6.03. The maximum absolute atomic E-state index is 15.2. The van der Waals surface area contributed by atoms with E-state index < -0.39 is 34.7 Å². The van der Waals surface area contributed by atoms with Crippen LogP contribution in [0.2, 0.25) is 0 Å². The molecule has 6 rings (SSSR count). The Kier molecular flexibility index (Phi) is 7.63. The van der Waals surface area contributed by atoms with Crippen molar-refractivity contribution in [1.82, 2.24) is 4.98 Å². The number of carbonyl (C=O) groups excluding carboxylic acids is 2. The number of halogens is 3. The van der Waals surface area contributed by atoms with Gasteiger partial charge >= 0.3 is 0 Å². The maximum Gasteiger partial charge on any atom is 0.240 e. The van der Waals surface area contributed by atoms with Crippen molar-refractivity contribution in [1.29, 1.82) is 0 Å². The zero-order valence-corrected chi connectivity index (χ0v) is 23.7. The molecule has 1 heterocycles. The zero-order valence-electron chi connectivity index (χ0n) is 23.7. The number of methoxy groups -OCH3 is 1. The second kappa shape index (κ2) is 11.7. The molecule has 45 heavy (non-hydrogen) atoms. The number of benzene rings is 4. The molecule has 1 aromatic heterocycles. The van der Waals surface area contributed by atoms with Crippen molar-refractivity contribution >= 4 is 39.8 Å². The number of ether oxygens (including phenoxy) is 3. The number of carbonyl (C=O) groups is 2. The lowest BCUT2D eigenvalue weighted by molar-refractivity contribution is -0.131. The first-order valence-electron chi connectivity index (χ1n) is 13.7. The Balaban J connectivity index is 1.20. The first-order valence-corrected chi connectivity index (χ1v) is 13.7. The summed E-state index contributed by atoms with van der Waals surface area (Å²) in [6.45, 7) is 0. The summed E-state index contributed by atoms with van der Waals surface area (Å²) < 4.78 is 59.9. The summed E-state index contributed by atoms with van der Waals surface area (Å²) in [5.74, 6) is -2.63. The Bertz CT molecular complexity index is 1950. The Labute approximate surface area is 254 Å². The van der Waals surface area contributed by atoms with Gasteiger partial charge in [-0.05, 0) is 73.5 Å². The SMILES string of the molecule is COc1cc2nccc(Oc3ccc(NC(=O)C4(C(=O)Nc5ccc(F)cc5)CC4)cc3F)c2cc1Oc1ccc(N)cc1F. The number of nitrogens with one attached hydrogen (secondary N) is 2. The van der Waals surface area contributed by atoms with Gasteiger partial charge in [0.25, 0.3) is 0 Å². The van der Waals surface area contributed by atoms with Crippen LogP contribution in [-0.2, 0) is 9.59 Å². The van der Waals surface area contributed by atoms with Gasteiger partial charge < -0.3 is 30.6 Å². The van der Waals surface area contributed by atoms with Crippen LogP contribution in [-0.4, -0.2) is 23.9 Å². The fourth-order valence-corrected chi connectivity index (χ4v) is 4.67. The highest BCUT2D eigenvalue weighted by Gasteiger charge is 2.56. The Morgan fingerprint density at radius 3 is 2.00 bits per heavy atom. The third-order valence-corrected chi connectivity index (χ3v) is 7.29. The van der Waals surface area contributed by atoms with E-state index >= 15 is 4.39 Å². The number of pyridine rings is 1. The minimum atomic E-state index is -1.31. The molecule has 0 unspecified atom stereocenters. The molecule has 0 aliphatic heterocycles. The number of aromatic nitrogens is 1. The number of anilines is 3. The largest absolute Gasteiger partial charge is 0.493 e. The lowest BCUT2D eigenvalue weighted by atomic mass is 10.0. The number of amides is 2. The molecule has 2 amide bonds. The first kappa shape index (κ1) is 29.3.